The fourth-order valence-electron chi connectivity index (χ4n) is 3.88. The number of anilines is 3. The van der Waals surface area contributed by atoms with Gasteiger partial charge in [-0.05, 0) is 48.5 Å². The first-order valence-corrected chi connectivity index (χ1v) is 11.8. The van der Waals surface area contributed by atoms with Crippen molar-refractivity contribution in [3.8, 4) is 28.5 Å². The number of rotatable bonds is 5. The molecule has 2 heterocycles. The maximum Gasteiger partial charge on any atom is 0.167 e. The first kappa shape index (κ1) is 23.2. The van der Waals surface area contributed by atoms with Crippen molar-refractivity contribution >= 4 is 17.2 Å². The zero-order valence-corrected chi connectivity index (χ0v) is 20.5. The van der Waals surface area contributed by atoms with Gasteiger partial charge in [0.25, 0.3) is 0 Å². The highest BCUT2D eigenvalue weighted by Gasteiger charge is 2.22. The van der Waals surface area contributed by atoms with E-state index in [0.717, 1.165) is 22.8 Å². The van der Waals surface area contributed by atoms with Crippen molar-refractivity contribution in [2.24, 2.45) is 0 Å². The Morgan fingerprint density at radius 3 is 2.08 bits per heavy atom. The molecule has 178 valence electrons. The molecule has 1 N–H and O–H groups in total. The van der Waals surface area contributed by atoms with E-state index < -0.39 is 0 Å². The molecule has 0 saturated carbocycles. The van der Waals surface area contributed by atoms with Crippen LogP contribution in [0.3, 0.4) is 0 Å². The summed E-state index contributed by atoms with van der Waals surface area (Å²) in [7, 11) is 0. The Morgan fingerprint density at radius 2 is 1.36 bits per heavy atom. The number of benzene rings is 3. The van der Waals surface area contributed by atoms with E-state index in [1.54, 1.807) is 18.3 Å². The lowest BCUT2D eigenvalue weighted by Crippen LogP contribution is -2.18. The van der Waals surface area contributed by atoms with Crippen molar-refractivity contribution in [2.45, 2.75) is 26.2 Å². The van der Waals surface area contributed by atoms with Gasteiger partial charge in [-0.3, -0.25) is 4.90 Å². The number of hydrogen-bond donors (Lipinski definition) is 1. The number of pyridine rings is 1. The van der Waals surface area contributed by atoms with Crippen molar-refractivity contribution in [1.29, 1.82) is 0 Å². The van der Waals surface area contributed by atoms with Crippen LogP contribution in [0.2, 0.25) is 0 Å². The van der Waals surface area contributed by atoms with E-state index in [0.29, 0.717) is 23.0 Å². The van der Waals surface area contributed by atoms with Crippen LogP contribution in [0, 0.1) is 0 Å². The van der Waals surface area contributed by atoms with Gasteiger partial charge in [0.15, 0.2) is 11.6 Å². The summed E-state index contributed by atoms with van der Waals surface area (Å²) in [5.41, 5.74) is 3.03. The molecule has 0 aliphatic heterocycles. The second kappa shape index (κ2) is 9.58. The summed E-state index contributed by atoms with van der Waals surface area (Å²) < 4.78 is 0. The van der Waals surface area contributed by atoms with E-state index >= 15 is 0 Å². The summed E-state index contributed by atoms with van der Waals surface area (Å²) in [6.45, 7) is 6.19. The van der Waals surface area contributed by atoms with Crippen LogP contribution in [0.5, 0.6) is 5.75 Å². The van der Waals surface area contributed by atoms with Gasteiger partial charge in [0.1, 0.15) is 17.4 Å². The highest BCUT2D eigenvalue weighted by atomic mass is 16.3. The van der Waals surface area contributed by atoms with E-state index in [9.17, 15) is 5.11 Å². The second-order valence-corrected chi connectivity index (χ2v) is 9.48. The number of phenolic OH excluding ortho intramolecular Hbond substituents is 1. The lowest BCUT2D eigenvalue weighted by Gasteiger charge is -2.24. The Bertz CT molecular complexity index is 1440. The number of aromatic nitrogens is 4. The normalized spacial score (nSPS) is 11.3. The topological polar surface area (TPSA) is 75.0 Å². The van der Waals surface area contributed by atoms with Crippen molar-refractivity contribution in [1.82, 2.24) is 19.9 Å². The molecule has 0 aliphatic rings. The first-order valence-electron chi connectivity index (χ1n) is 11.8. The van der Waals surface area contributed by atoms with Crippen LogP contribution in [0.15, 0.2) is 103 Å². The van der Waals surface area contributed by atoms with E-state index in [1.165, 1.54) is 0 Å². The highest BCUT2D eigenvalue weighted by Crippen LogP contribution is 2.35. The summed E-state index contributed by atoms with van der Waals surface area (Å²) in [6.07, 6.45) is 1.79. The monoisotopic (exact) mass is 473 g/mol. The van der Waals surface area contributed by atoms with Crippen LogP contribution < -0.4 is 4.90 Å². The van der Waals surface area contributed by atoms with Gasteiger partial charge < -0.3 is 5.11 Å². The van der Waals surface area contributed by atoms with Crippen molar-refractivity contribution in [3.63, 3.8) is 0 Å². The zero-order chi connectivity index (χ0) is 25.1. The third-order valence-electron chi connectivity index (χ3n) is 5.71. The molecule has 6 heteroatoms. The molecule has 6 nitrogen and oxygen atoms in total. The standard InChI is InChI=1S/C30H27N5O/c1-30(2,3)29-33-27(32-28(34-29)24-16-7-8-17-25(24)36)21-12-11-15-23(20-21)35(22-13-5-4-6-14-22)26-18-9-10-19-31-26/h4-20,36H,1-3H3. The van der Waals surface area contributed by atoms with Gasteiger partial charge in [0.05, 0.1) is 5.56 Å². The van der Waals surface area contributed by atoms with Gasteiger partial charge in [0.2, 0.25) is 0 Å². The smallest absolute Gasteiger partial charge is 0.167 e. The van der Waals surface area contributed by atoms with E-state index in [2.05, 4.69) is 48.9 Å². The molecule has 0 atom stereocenters. The van der Waals surface area contributed by atoms with Gasteiger partial charge >= 0.3 is 0 Å². The molecule has 5 rings (SSSR count). The Morgan fingerprint density at radius 1 is 0.667 bits per heavy atom. The van der Waals surface area contributed by atoms with Gasteiger partial charge in [0, 0.05) is 28.6 Å². The van der Waals surface area contributed by atoms with E-state index in [-0.39, 0.29) is 11.2 Å². The number of aromatic hydroxyl groups is 1. The maximum absolute atomic E-state index is 10.5. The molecule has 36 heavy (non-hydrogen) atoms. The molecule has 3 aromatic carbocycles. The predicted molar refractivity (Wildman–Crippen MR) is 144 cm³/mol. The van der Waals surface area contributed by atoms with Crippen LogP contribution in [-0.4, -0.2) is 25.0 Å². The number of nitrogens with zero attached hydrogens (tertiary/aromatic N) is 5. The summed E-state index contributed by atoms with van der Waals surface area (Å²) in [4.78, 5) is 21.0. The summed E-state index contributed by atoms with van der Waals surface area (Å²) in [5, 5.41) is 10.5. The zero-order valence-electron chi connectivity index (χ0n) is 20.5. The molecule has 2 aromatic heterocycles. The molecule has 0 aliphatic carbocycles. The van der Waals surface area contributed by atoms with Crippen molar-refractivity contribution in [2.75, 3.05) is 4.90 Å². The fourth-order valence-corrected chi connectivity index (χ4v) is 3.88. The van der Waals surface area contributed by atoms with Crippen LogP contribution in [-0.2, 0) is 5.41 Å². The third-order valence-corrected chi connectivity index (χ3v) is 5.71. The molecule has 0 amide bonds. The molecule has 0 radical (unpaired) electrons. The Balaban J connectivity index is 1.66. The summed E-state index contributed by atoms with van der Waals surface area (Å²) >= 11 is 0. The number of phenols is 1. The molecule has 0 spiro atoms. The molecule has 0 unspecified atom stereocenters. The number of hydrogen-bond acceptors (Lipinski definition) is 6. The lowest BCUT2D eigenvalue weighted by atomic mass is 9.95. The SMILES string of the molecule is CC(C)(C)c1nc(-c2cccc(N(c3ccccc3)c3ccccn3)c2)nc(-c2ccccc2O)n1. The summed E-state index contributed by atoms with van der Waals surface area (Å²) in [6, 6.07) is 31.2. The average molecular weight is 474 g/mol. The fraction of sp³-hybridized carbons (Fsp3) is 0.133. The van der Waals surface area contributed by atoms with E-state index in [1.807, 2.05) is 66.7 Å². The predicted octanol–water partition coefficient (Wildman–Crippen LogP) is 7.07. The minimum absolute atomic E-state index is 0.133. The lowest BCUT2D eigenvalue weighted by molar-refractivity contribution is 0.476. The quantitative estimate of drug-likeness (QED) is 0.294. The largest absolute Gasteiger partial charge is 0.507 e. The highest BCUT2D eigenvalue weighted by molar-refractivity contribution is 5.77. The van der Waals surface area contributed by atoms with Gasteiger partial charge in [-0.25, -0.2) is 19.9 Å². The molecular formula is C30H27N5O. The van der Waals surface area contributed by atoms with Gasteiger partial charge in [-0.2, -0.15) is 0 Å². The van der Waals surface area contributed by atoms with Crippen LogP contribution in [0.1, 0.15) is 26.6 Å². The van der Waals surface area contributed by atoms with Crippen LogP contribution in [0.25, 0.3) is 22.8 Å². The second-order valence-electron chi connectivity index (χ2n) is 9.48. The Kier molecular flexibility index (Phi) is 6.17. The molecule has 0 saturated heterocycles. The maximum atomic E-state index is 10.5. The number of para-hydroxylation sites is 2. The Labute approximate surface area is 211 Å². The van der Waals surface area contributed by atoms with Crippen molar-refractivity contribution < 1.29 is 5.11 Å². The molecule has 0 fully saturated rings. The Hall–Kier alpha value is -4.58. The van der Waals surface area contributed by atoms with E-state index in [4.69, 9.17) is 15.0 Å². The molecule has 0 bridgehead atoms. The van der Waals surface area contributed by atoms with Gasteiger partial charge in [-0.1, -0.05) is 69.3 Å². The third kappa shape index (κ3) is 4.79. The average Bonchev–Trinajstić information content (AvgIpc) is 2.90. The van der Waals surface area contributed by atoms with Crippen LogP contribution in [0.4, 0.5) is 17.2 Å². The summed E-state index contributed by atoms with van der Waals surface area (Å²) in [5.74, 6) is 2.58. The van der Waals surface area contributed by atoms with Crippen LogP contribution >= 0.6 is 0 Å². The van der Waals surface area contributed by atoms with Gasteiger partial charge in [-0.15, -0.1) is 0 Å². The first-order chi connectivity index (χ1) is 17.4. The molecule has 5 aromatic rings. The van der Waals surface area contributed by atoms with Crippen molar-refractivity contribution in [3.05, 3.63) is 109 Å². The molecular weight excluding hydrogens is 446 g/mol. The minimum atomic E-state index is -0.307. The minimum Gasteiger partial charge on any atom is -0.507 e.